The Hall–Kier alpha value is -4.52. The van der Waals surface area contributed by atoms with Gasteiger partial charge in [-0.25, -0.2) is 0 Å². The molecule has 1 aromatic heterocycles. The number of benzene rings is 3. The van der Waals surface area contributed by atoms with Crippen molar-refractivity contribution in [1.29, 1.82) is 0 Å². The number of aromatic hydroxyl groups is 2. The minimum absolute atomic E-state index is 0.00371. The highest BCUT2D eigenvalue weighted by Crippen LogP contribution is 2.47. The highest BCUT2D eigenvalue weighted by molar-refractivity contribution is 5.94. The van der Waals surface area contributed by atoms with Crippen molar-refractivity contribution in [3.63, 3.8) is 0 Å². The van der Waals surface area contributed by atoms with E-state index in [0.29, 0.717) is 23.5 Å². The van der Waals surface area contributed by atoms with Crippen LogP contribution in [0.3, 0.4) is 0 Å². The highest BCUT2D eigenvalue weighted by atomic mass is 16.5. The molecule has 2 heterocycles. The zero-order chi connectivity index (χ0) is 24.7. The van der Waals surface area contributed by atoms with E-state index in [4.69, 9.17) is 13.9 Å². The second kappa shape index (κ2) is 8.68. The molecular weight excluding hydrogens is 448 g/mol. The van der Waals surface area contributed by atoms with Gasteiger partial charge in [0.2, 0.25) is 5.43 Å². The molecule has 0 radical (unpaired) electrons. The molecule has 0 bridgehead atoms. The Balaban J connectivity index is 1.73. The number of fused-ring (bicyclic) bond motifs is 3. The normalized spacial score (nSPS) is 14.9. The van der Waals surface area contributed by atoms with E-state index >= 15 is 0 Å². The van der Waals surface area contributed by atoms with Crippen LogP contribution in [0.2, 0.25) is 0 Å². The van der Waals surface area contributed by atoms with Crippen LogP contribution in [0.1, 0.15) is 30.4 Å². The average molecular weight is 470 g/mol. The minimum Gasteiger partial charge on any atom is -0.508 e. The molecule has 0 fully saturated rings. The van der Waals surface area contributed by atoms with Gasteiger partial charge in [0.05, 0.1) is 12.0 Å². The first kappa shape index (κ1) is 22.3. The number of esters is 1. The molecule has 0 saturated heterocycles. The summed E-state index contributed by atoms with van der Waals surface area (Å²) in [6, 6.07) is 14.7. The number of phenolic OH excluding ortho intramolecular Hbond substituents is 2. The predicted molar refractivity (Wildman–Crippen MR) is 130 cm³/mol. The van der Waals surface area contributed by atoms with E-state index in [1.807, 2.05) is 25.1 Å². The summed E-state index contributed by atoms with van der Waals surface area (Å²) in [6.45, 7) is 6.03. The van der Waals surface area contributed by atoms with Crippen molar-refractivity contribution in [2.24, 2.45) is 0 Å². The summed E-state index contributed by atoms with van der Waals surface area (Å²) in [5, 5.41) is 20.3. The number of phenols is 2. The van der Waals surface area contributed by atoms with Crippen LogP contribution in [0.25, 0.3) is 22.1 Å². The summed E-state index contributed by atoms with van der Waals surface area (Å²) in [4.78, 5) is 25.9. The second-order valence-corrected chi connectivity index (χ2v) is 8.55. The van der Waals surface area contributed by atoms with Crippen molar-refractivity contribution in [1.82, 2.24) is 0 Å². The van der Waals surface area contributed by atoms with Crippen molar-refractivity contribution in [3.05, 3.63) is 94.4 Å². The maximum Gasteiger partial charge on any atom is 0.312 e. The van der Waals surface area contributed by atoms with E-state index in [1.54, 1.807) is 18.2 Å². The summed E-state index contributed by atoms with van der Waals surface area (Å²) in [6.07, 6.45) is 1.32. The van der Waals surface area contributed by atoms with E-state index in [9.17, 15) is 19.8 Å². The monoisotopic (exact) mass is 470 g/mol. The Labute approximate surface area is 200 Å². The number of carbonyl (C=O) groups excluding carboxylic acids is 1. The Morgan fingerprint density at radius 1 is 1.11 bits per heavy atom. The fourth-order valence-electron chi connectivity index (χ4n) is 4.34. The van der Waals surface area contributed by atoms with Crippen LogP contribution in [0.15, 0.2) is 82.2 Å². The summed E-state index contributed by atoms with van der Waals surface area (Å²) in [5.41, 5.74) is 2.49. The van der Waals surface area contributed by atoms with Crippen molar-refractivity contribution in [2.75, 3.05) is 6.61 Å². The molecule has 4 aromatic rings. The van der Waals surface area contributed by atoms with Crippen molar-refractivity contribution in [2.45, 2.75) is 19.3 Å². The summed E-state index contributed by atoms with van der Waals surface area (Å²) < 4.78 is 17.3. The van der Waals surface area contributed by atoms with Crippen LogP contribution in [0.5, 0.6) is 23.0 Å². The first-order chi connectivity index (χ1) is 16.8. The van der Waals surface area contributed by atoms with Crippen LogP contribution in [0.4, 0.5) is 0 Å². The summed E-state index contributed by atoms with van der Waals surface area (Å²) in [5.74, 6) is -0.587. The number of carbonyl (C=O) groups is 1. The van der Waals surface area contributed by atoms with E-state index in [0.717, 1.165) is 11.1 Å². The standard InChI is InChI=1S/C28H22O7/c1-15(2)13-33-22-6-4-3-5-18(22)19-11-24(31)35-23-12-21(30)26-27(32)20(14-34-28(26)25(19)23)16-7-9-17(29)10-8-16/h3-10,12,14,19,29-30H,1,11,13H2,2H3/t19-/m0/s1. The van der Waals surface area contributed by atoms with E-state index < -0.39 is 17.3 Å². The molecule has 176 valence electrons. The molecular formula is C28H22O7. The van der Waals surface area contributed by atoms with Gasteiger partial charge in [-0.15, -0.1) is 0 Å². The number of hydrogen-bond donors (Lipinski definition) is 2. The lowest BCUT2D eigenvalue weighted by molar-refractivity contribution is -0.135. The Morgan fingerprint density at radius 3 is 2.60 bits per heavy atom. The molecule has 7 nitrogen and oxygen atoms in total. The van der Waals surface area contributed by atoms with Crippen LogP contribution in [-0.2, 0) is 4.79 Å². The van der Waals surface area contributed by atoms with Crippen molar-refractivity contribution in [3.8, 4) is 34.1 Å². The Kier molecular flexibility index (Phi) is 5.53. The molecule has 0 unspecified atom stereocenters. The highest BCUT2D eigenvalue weighted by Gasteiger charge is 2.35. The molecule has 0 amide bonds. The third kappa shape index (κ3) is 4.01. The van der Waals surface area contributed by atoms with Gasteiger partial charge in [-0.2, -0.15) is 0 Å². The van der Waals surface area contributed by atoms with Gasteiger partial charge in [-0.3, -0.25) is 9.59 Å². The van der Waals surface area contributed by atoms with Gasteiger partial charge >= 0.3 is 5.97 Å². The first-order valence-electron chi connectivity index (χ1n) is 11.0. The number of ether oxygens (including phenoxy) is 2. The summed E-state index contributed by atoms with van der Waals surface area (Å²) in [7, 11) is 0. The van der Waals surface area contributed by atoms with Gasteiger partial charge in [0.25, 0.3) is 0 Å². The molecule has 7 heteroatoms. The van der Waals surface area contributed by atoms with Crippen LogP contribution < -0.4 is 14.9 Å². The number of para-hydroxylation sites is 1. The fourth-order valence-corrected chi connectivity index (χ4v) is 4.34. The third-order valence-corrected chi connectivity index (χ3v) is 5.92. The molecule has 35 heavy (non-hydrogen) atoms. The lowest BCUT2D eigenvalue weighted by Gasteiger charge is -2.27. The van der Waals surface area contributed by atoms with Gasteiger partial charge in [0.15, 0.2) is 0 Å². The molecule has 0 saturated carbocycles. The Bertz CT molecular complexity index is 1530. The topological polar surface area (TPSA) is 106 Å². The Morgan fingerprint density at radius 2 is 1.86 bits per heavy atom. The zero-order valence-electron chi connectivity index (χ0n) is 18.9. The fraction of sp³-hybridized carbons (Fsp3) is 0.143. The van der Waals surface area contributed by atoms with Gasteiger partial charge in [0.1, 0.15) is 46.8 Å². The smallest absolute Gasteiger partial charge is 0.312 e. The minimum atomic E-state index is -0.529. The number of rotatable bonds is 5. The summed E-state index contributed by atoms with van der Waals surface area (Å²) >= 11 is 0. The van der Waals surface area contributed by atoms with E-state index in [-0.39, 0.29) is 40.2 Å². The second-order valence-electron chi connectivity index (χ2n) is 8.55. The van der Waals surface area contributed by atoms with E-state index in [1.165, 1.54) is 24.5 Å². The first-order valence-corrected chi connectivity index (χ1v) is 11.0. The van der Waals surface area contributed by atoms with Crippen molar-refractivity contribution >= 4 is 16.9 Å². The molecule has 2 N–H and O–H groups in total. The van der Waals surface area contributed by atoms with Crippen LogP contribution in [-0.4, -0.2) is 22.8 Å². The van der Waals surface area contributed by atoms with Gasteiger partial charge in [-0.05, 0) is 36.3 Å². The van der Waals surface area contributed by atoms with Crippen molar-refractivity contribution < 1.29 is 28.9 Å². The average Bonchev–Trinajstić information content (AvgIpc) is 2.83. The van der Waals surface area contributed by atoms with Gasteiger partial charge in [-0.1, -0.05) is 36.9 Å². The van der Waals surface area contributed by atoms with Gasteiger partial charge in [0, 0.05) is 23.1 Å². The van der Waals surface area contributed by atoms with Gasteiger partial charge < -0.3 is 24.1 Å². The molecule has 1 aliphatic rings. The number of hydrogen-bond acceptors (Lipinski definition) is 7. The molecule has 0 aliphatic carbocycles. The van der Waals surface area contributed by atoms with Crippen LogP contribution >= 0.6 is 0 Å². The zero-order valence-corrected chi connectivity index (χ0v) is 18.9. The van der Waals surface area contributed by atoms with E-state index in [2.05, 4.69) is 6.58 Å². The maximum atomic E-state index is 13.4. The predicted octanol–water partition coefficient (Wildman–Crippen LogP) is 5.27. The quantitative estimate of drug-likeness (QED) is 0.233. The molecule has 5 rings (SSSR count). The maximum absolute atomic E-state index is 13.4. The lowest BCUT2D eigenvalue weighted by atomic mass is 9.84. The SMILES string of the molecule is C=C(C)COc1ccccc1[C@@H]1CC(=O)Oc2cc(O)c3c(=O)c(-c4ccc(O)cc4)coc3c21. The third-order valence-electron chi connectivity index (χ3n) is 5.92. The largest absolute Gasteiger partial charge is 0.508 e. The van der Waals surface area contributed by atoms with Crippen LogP contribution in [0, 0.1) is 0 Å². The molecule has 1 atom stereocenters. The molecule has 1 aliphatic heterocycles. The molecule has 0 spiro atoms. The lowest BCUT2D eigenvalue weighted by Crippen LogP contribution is -2.22. The molecule has 3 aromatic carbocycles.